The van der Waals surface area contributed by atoms with Gasteiger partial charge in [0.1, 0.15) is 5.71 Å². The molecule has 124 valence electrons. The predicted octanol–water partition coefficient (Wildman–Crippen LogP) is 4.13. The van der Waals surface area contributed by atoms with Crippen LogP contribution in [0.4, 0.5) is 5.69 Å². The lowest BCUT2D eigenvalue weighted by atomic mass is 10.1. The van der Waals surface area contributed by atoms with E-state index in [1.807, 2.05) is 79.7 Å². The molecule has 0 aliphatic heterocycles. The van der Waals surface area contributed by atoms with Gasteiger partial charge < -0.3 is 5.32 Å². The summed E-state index contributed by atoms with van der Waals surface area (Å²) >= 11 is 5.35. The van der Waals surface area contributed by atoms with Crippen molar-refractivity contribution in [2.75, 3.05) is 5.32 Å². The van der Waals surface area contributed by atoms with E-state index in [4.69, 9.17) is 12.2 Å². The first-order chi connectivity index (χ1) is 12.2. The maximum atomic E-state index is 5.35. The Morgan fingerprint density at radius 2 is 1.76 bits per heavy atom. The van der Waals surface area contributed by atoms with Crippen molar-refractivity contribution in [3.05, 3.63) is 95.8 Å². The molecule has 0 unspecified atom stereocenters. The van der Waals surface area contributed by atoms with Crippen LogP contribution in [-0.4, -0.2) is 15.8 Å². The largest absolute Gasteiger partial charge is 0.331 e. The molecule has 3 aromatic rings. The van der Waals surface area contributed by atoms with E-state index in [-0.39, 0.29) is 0 Å². The molecule has 0 fully saturated rings. The molecule has 0 atom stereocenters. The van der Waals surface area contributed by atoms with E-state index < -0.39 is 0 Å². The van der Waals surface area contributed by atoms with Gasteiger partial charge >= 0.3 is 0 Å². The molecule has 0 radical (unpaired) electrons. The number of hydrogen-bond donors (Lipinski definition) is 2. The highest BCUT2D eigenvalue weighted by Gasteiger charge is 2.08. The molecule has 0 saturated heterocycles. The molecule has 1 heterocycles. The van der Waals surface area contributed by atoms with E-state index in [9.17, 15) is 0 Å². The van der Waals surface area contributed by atoms with E-state index in [2.05, 4.69) is 20.8 Å². The molecular weight excluding hydrogens is 328 g/mol. The topological polar surface area (TPSA) is 49.3 Å². The summed E-state index contributed by atoms with van der Waals surface area (Å²) < 4.78 is 0. The summed E-state index contributed by atoms with van der Waals surface area (Å²) in [5.41, 5.74) is 7.47. The smallest absolute Gasteiger partial charge is 0.191 e. The van der Waals surface area contributed by atoms with Gasteiger partial charge in [-0.15, -0.1) is 0 Å². The van der Waals surface area contributed by atoms with Crippen LogP contribution in [0.25, 0.3) is 0 Å². The van der Waals surface area contributed by atoms with Crippen LogP contribution in [0.2, 0.25) is 0 Å². The van der Waals surface area contributed by atoms with Crippen molar-refractivity contribution in [3.63, 3.8) is 0 Å². The lowest BCUT2D eigenvalue weighted by molar-refractivity contribution is 1.03. The van der Waals surface area contributed by atoms with Crippen molar-refractivity contribution in [1.29, 1.82) is 0 Å². The molecule has 0 spiro atoms. The monoisotopic (exact) mass is 346 g/mol. The first-order valence-electron chi connectivity index (χ1n) is 7.90. The molecule has 2 N–H and O–H groups in total. The van der Waals surface area contributed by atoms with Crippen molar-refractivity contribution in [2.45, 2.75) is 6.92 Å². The Bertz CT molecular complexity index is 835. The van der Waals surface area contributed by atoms with Crippen LogP contribution >= 0.6 is 12.2 Å². The van der Waals surface area contributed by atoms with Crippen LogP contribution in [0.15, 0.2) is 84.1 Å². The van der Waals surface area contributed by atoms with Crippen LogP contribution in [0, 0.1) is 6.92 Å². The van der Waals surface area contributed by atoms with Crippen LogP contribution in [0.3, 0.4) is 0 Å². The van der Waals surface area contributed by atoms with Crippen molar-refractivity contribution in [1.82, 2.24) is 10.4 Å². The van der Waals surface area contributed by atoms with Crippen molar-refractivity contribution in [3.8, 4) is 0 Å². The van der Waals surface area contributed by atoms with Gasteiger partial charge in [0.15, 0.2) is 5.11 Å². The molecule has 0 aliphatic carbocycles. The Labute approximate surface area is 152 Å². The van der Waals surface area contributed by atoms with Crippen molar-refractivity contribution in [2.24, 2.45) is 5.10 Å². The zero-order valence-corrected chi connectivity index (χ0v) is 14.6. The third-order valence-corrected chi connectivity index (χ3v) is 3.69. The summed E-state index contributed by atoms with van der Waals surface area (Å²) in [7, 11) is 0. The number of hydrogen-bond acceptors (Lipinski definition) is 3. The van der Waals surface area contributed by atoms with E-state index in [0.29, 0.717) is 5.11 Å². The van der Waals surface area contributed by atoms with Crippen LogP contribution < -0.4 is 10.7 Å². The number of nitrogens with zero attached hydrogens (tertiary/aromatic N) is 2. The standard InChI is InChI=1S/C20H18N4S/c1-15-8-7-11-17(14-15)22-20(25)24-23-19(16-9-3-2-4-10-16)18-12-5-6-13-21-18/h2-14H,1H3,(H2,22,24,25)/b23-19-. The van der Waals surface area contributed by atoms with Gasteiger partial charge in [0.25, 0.3) is 0 Å². The number of nitrogens with one attached hydrogen (secondary N) is 2. The second kappa shape index (κ2) is 8.17. The van der Waals surface area contributed by atoms with E-state index >= 15 is 0 Å². The highest BCUT2D eigenvalue weighted by molar-refractivity contribution is 7.80. The summed E-state index contributed by atoms with van der Waals surface area (Å²) in [6, 6.07) is 23.6. The zero-order chi connectivity index (χ0) is 17.5. The third-order valence-electron chi connectivity index (χ3n) is 3.50. The Kier molecular flexibility index (Phi) is 5.49. The van der Waals surface area contributed by atoms with Crippen molar-refractivity contribution < 1.29 is 0 Å². The number of aromatic nitrogens is 1. The van der Waals surface area contributed by atoms with Gasteiger partial charge in [-0.25, -0.2) is 0 Å². The fraction of sp³-hybridized carbons (Fsp3) is 0.0500. The number of aryl methyl sites for hydroxylation is 1. The molecular formula is C20H18N4S. The van der Waals surface area contributed by atoms with Crippen molar-refractivity contribution >= 4 is 28.7 Å². The molecule has 0 saturated carbocycles. The highest BCUT2D eigenvalue weighted by Crippen LogP contribution is 2.10. The lowest BCUT2D eigenvalue weighted by Gasteiger charge is -2.10. The third kappa shape index (κ3) is 4.71. The second-order valence-electron chi connectivity index (χ2n) is 5.48. The number of pyridine rings is 1. The number of thiocarbonyl (C=S) groups is 1. The van der Waals surface area contributed by atoms with E-state index in [0.717, 1.165) is 28.2 Å². The molecule has 0 amide bonds. The second-order valence-corrected chi connectivity index (χ2v) is 5.89. The molecule has 2 aromatic carbocycles. The molecule has 1 aromatic heterocycles. The lowest BCUT2D eigenvalue weighted by Crippen LogP contribution is -2.25. The minimum absolute atomic E-state index is 0.426. The van der Waals surface area contributed by atoms with Gasteiger partial charge in [0, 0.05) is 17.4 Å². The molecule has 3 rings (SSSR count). The maximum absolute atomic E-state index is 5.35. The number of hydrazone groups is 1. The van der Waals surface area contributed by atoms with Gasteiger partial charge in [-0.1, -0.05) is 48.5 Å². The fourth-order valence-electron chi connectivity index (χ4n) is 2.36. The van der Waals surface area contributed by atoms with Crippen LogP contribution in [0.1, 0.15) is 16.8 Å². The summed E-state index contributed by atoms with van der Waals surface area (Å²) in [4.78, 5) is 4.39. The average Bonchev–Trinajstić information content (AvgIpc) is 2.64. The molecule has 25 heavy (non-hydrogen) atoms. The summed E-state index contributed by atoms with van der Waals surface area (Å²) in [6.45, 7) is 2.04. The average molecular weight is 346 g/mol. The van der Waals surface area contributed by atoms with E-state index in [1.54, 1.807) is 6.20 Å². The predicted molar refractivity (Wildman–Crippen MR) is 107 cm³/mol. The van der Waals surface area contributed by atoms with Gasteiger partial charge in [-0.3, -0.25) is 10.4 Å². The first kappa shape index (κ1) is 16.8. The molecule has 0 bridgehead atoms. The Hall–Kier alpha value is -3.05. The minimum Gasteiger partial charge on any atom is -0.331 e. The molecule has 4 nitrogen and oxygen atoms in total. The van der Waals surface area contributed by atoms with E-state index in [1.165, 1.54) is 0 Å². The van der Waals surface area contributed by atoms with Gasteiger partial charge in [0.05, 0.1) is 5.69 Å². The minimum atomic E-state index is 0.426. The van der Waals surface area contributed by atoms with Gasteiger partial charge in [0.2, 0.25) is 0 Å². The first-order valence-corrected chi connectivity index (χ1v) is 8.31. The quantitative estimate of drug-likeness (QED) is 0.424. The molecule has 5 heteroatoms. The van der Waals surface area contributed by atoms with Gasteiger partial charge in [-0.2, -0.15) is 5.10 Å². The summed E-state index contributed by atoms with van der Waals surface area (Å²) in [5, 5.41) is 8.04. The van der Waals surface area contributed by atoms with Crippen LogP contribution in [0.5, 0.6) is 0 Å². The number of anilines is 1. The Balaban J connectivity index is 1.80. The summed E-state index contributed by atoms with van der Waals surface area (Å²) in [6.07, 6.45) is 1.75. The maximum Gasteiger partial charge on any atom is 0.191 e. The van der Waals surface area contributed by atoms with Crippen LogP contribution in [-0.2, 0) is 0 Å². The number of rotatable bonds is 4. The zero-order valence-electron chi connectivity index (χ0n) is 13.8. The SMILES string of the molecule is Cc1cccc(NC(=S)N/N=C(/c2ccccc2)c2ccccn2)c1. The normalized spacial score (nSPS) is 11.0. The Morgan fingerprint density at radius 3 is 2.48 bits per heavy atom. The fourth-order valence-corrected chi connectivity index (χ4v) is 2.52. The highest BCUT2D eigenvalue weighted by atomic mass is 32.1. The molecule has 0 aliphatic rings. The summed E-state index contributed by atoms with van der Waals surface area (Å²) in [5.74, 6) is 0. The Morgan fingerprint density at radius 1 is 0.960 bits per heavy atom. The van der Waals surface area contributed by atoms with Gasteiger partial charge in [-0.05, 0) is 49.0 Å². The number of benzene rings is 2.